The Labute approximate surface area is 124 Å². The van der Waals surface area contributed by atoms with E-state index in [4.69, 9.17) is 15.2 Å². The highest BCUT2D eigenvalue weighted by Gasteiger charge is 2.09. The standard InChI is InChI=1S/C17H20FNO2/c1-12(2)21-14-9-7-13(8-10-14)16(19)11-20-17-6-4-3-5-15(17)18/h3-10,12,16H,11,19H2,1-2H3. The van der Waals surface area contributed by atoms with Gasteiger partial charge < -0.3 is 15.2 Å². The van der Waals surface area contributed by atoms with Gasteiger partial charge >= 0.3 is 0 Å². The first-order chi connectivity index (χ1) is 10.1. The SMILES string of the molecule is CC(C)Oc1ccc(C(N)COc2ccccc2F)cc1. The molecule has 0 heterocycles. The first kappa shape index (κ1) is 15.3. The first-order valence-electron chi connectivity index (χ1n) is 6.96. The van der Waals surface area contributed by atoms with E-state index in [0.29, 0.717) is 0 Å². The molecule has 0 bridgehead atoms. The molecule has 0 aromatic heterocycles. The van der Waals surface area contributed by atoms with Crippen molar-refractivity contribution in [3.05, 3.63) is 59.9 Å². The summed E-state index contributed by atoms with van der Waals surface area (Å²) in [5.74, 6) is 0.633. The number of halogens is 1. The molecule has 21 heavy (non-hydrogen) atoms. The Kier molecular flexibility index (Phi) is 5.17. The van der Waals surface area contributed by atoms with Gasteiger partial charge in [0, 0.05) is 0 Å². The smallest absolute Gasteiger partial charge is 0.165 e. The van der Waals surface area contributed by atoms with E-state index in [1.54, 1.807) is 18.2 Å². The molecule has 0 amide bonds. The summed E-state index contributed by atoms with van der Waals surface area (Å²) < 4.78 is 24.4. The Morgan fingerprint density at radius 1 is 1.05 bits per heavy atom. The molecule has 0 aliphatic carbocycles. The Morgan fingerprint density at radius 3 is 2.33 bits per heavy atom. The molecular formula is C17H20FNO2. The predicted molar refractivity (Wildman–Crippen MR) is 81.0 cm³/mol. The molecule has 0 aliphatic heterocycles. The summed E-state index contributed by atoms with van der Waals surface area (Å²) in [6, 6.07) is 13.5. The maximum atomic E-state index is 13.4. The molecule has 0 radical (unpaired) electrons. The molecule has 0 saturated heterocycles. The van der Waals surface area contributed by atoms with Crippen molar-refractivity contribution in [3.8, 4) is 11.5 Å². The number of para-hydroxylation sites is 1. The molecule has 4 heteroatoms. The van der Waals surface area contributed by atoms with Gasteiger partial charge in [0.2, 0.25) is 0 Å². The molecule has 2 aromatic carbocycles. The third-order valence-electron chi connectivity index (χ3n) is 2.94. The van der Waals surface area contributed by atoms with Gasteiger partial charge in [-0.25, -0.2) is 4.39 Å². The van der Waals surface area contributed by atoms with Gasteiger partial charge in [-0.15, -0.1) is 0 Å². The zero-order valence-electron chi connectivity index (χ0n) is 12.3. The van der Waals surface area contributed by atoms with Crippen molar-refractivity contribution in [2.45, 2.75) is 26.0 Å². The second-order valence-electron chi connectivity index (χ2n) is 5.08. The Hall–Kier alpha value is -2.07. The first-order valence-corrected chi connectivity index (χ1v) is 6.96. The number of ether oxygens (including phenoxy) is 2. The lowest BCUT2D eigenvalue weighted by atomic mass is 10.1. The lowest BCUT2D eigenvalue weighted by molar-refractivity contribution is 0.242. The van der Waals surface area contributed by atoms with E-state index in [0.717, 1.165) is 11.3 Å². The predicted octanol–water partition coefficient (Wildman–Crippen LogP) is 3.69. The monoisotopic (exact) mass is 289 g/mol. The van der Waals surface area contributed by atoms with Crippen LogP contribution in [0, 0.1) is 5.82 Å². The maximum Gasteiger partial charge on any atom is 0.165 e. The molecule has 1 unspecified atom stereocenters. The summed E-state index contributed by atoms with van der Waals surface area (Å²) in [5, 5.41) is 0. The van der Waals surface area contributed by atoms with Gasteiger partial charge in [-0.1, -0.05) is 24.3 Å². The average molecular weight is 289 g/mol. The number of nitrogens with two attached hydrogens (primary N) is 1. The lowest BCUT2D eigenvalue weighted by Gasteiger charge is -2.15. The van der Waals surface area contributed by atoms with Crippen LogP contribution in [0.1, 0.15) is 25.5 Å². The third-order valence-corrected chi connectivity index (χ3v) is 2.94. The van der Waals surface area contributed by atoms with Crippen LogP contribution in [0.3, 0.4) is 0 Å². The fourth-order valence-electron chi connectivity index (χ4n) is 1.90. The summed E-state index contributed by atoms with van der Waals surface area (Å²) in [4.78, 5) is 0. The second kappa shape index (κ2) is 7.09. The van der Waals surface area contributed by atoms with Crippen LogP contribution >= 0.6 is 0 Å². The molecule has 1 atom stereocenters. The van der Waals surface area contributed by atoms with Crippen molar-refractivity contribution in [1.82, 2.24) is 0 Å². The number of hydrogen-bond acceptors (Lipinski definition) is 3. The molecule has 2 N–H and O–H groups in total. The van der Waals surface area contributed by atoms with Crippen LogP contribution in [0.15, 0.2) is 48.5 Å². The van der Waals surface area contributed by atoms with Gasteiger partial charge in [-0.05, 0) is 43.7 Å². The van der Waals surface area contributed by atoms with E-state index >= 15 is 0 Å². The van der Waals surface area contributed by atoms with Gasteiger partial charge in [0.15, 0.2) is 11.6 Å². The van der Waals surface area contributed by atoms with Crippen molar-refractivity contribution < 1.29 is 13.9 Å². The molecular weight excluding hydrogens is 269 g/mol. The van der Waals surface area contributed by atoms with Crippen molar-refractivity contribution in [3.63, 3.8) is 0 Å². The van der Waals surface area contributed by atoms with Crippen LogP contribution in [-0.4, -0.2) is 12.7 Å². The highest BCUT2D eigenvalue weighted by atomic mass is 19.1. The van der Waals surface area contributed by atoms with E-state index in [2.05, 4.69) is 0 Å². The summed E-state index contributed by atoms with van der Waals surface area (Å²) in [6.45, 7) is 4.16. The highest BCUT2D eigenvalue weighted by Crippen LogP contribution is 2.20. The van der Waals surface area contributed by atoms with Gasteiger partial charge in [0.25, 0.3) is 0 Å². The van der Waals surface area contributed by atoms with Crippen LogP contribution in [0.25, 0.3) is 0 Å². The number of hydrogen-bond donors (Lipinski definition) is 1. The highest BCUT2D eigenvalue weighted by molar-refractivity contribution is 5.29. The molecule has 3 nitrogen and oxygen atoms in total. The maximum absolute atomic E-state index is 13.4. The van der Waals surface area contributed by atoms with E-state index in [-0.39, 0.29) is 30.3 Å². The van der Waals surface area contributed by atoms with Gasteiger partial charge in [-0.3, -0.25) is 0 Å². The van der Waals surface area contributed by atoms with Crippen molar-refractivity contribution >= 4 is 0 Å². The molecule has 112 valence electrons. The Bertz CT molecular complexity index is 569. The van der Waals surface area contributed by atoms with Crippen molar-refractivity contribution in [2.75, 3.05) is 6.61 Å². The van der Waals surface area contributed by atoms with Crippen LogP contribution in [0.2, 0.25) is 0 Å². The number of benzene rings is 2. The van der Waals surface area contributed by atoms with Crippen LogP contribution in [-0.2, 0) is 0 Å². The largest absolute Gasteiger partial charge is 0.491 e. The van der Waals surface area contributed by atoms with Gasteiger partial charge in [0.1, 0.15) is 12.4 Å². The van der Waals surface area contributed by atoms with Gasteiger partial charge in [0.05, 0.1) is 12.1 Å². The Morgan fingerprint density at radius 2 is 1.71 bits per heavy atom. The lowest BCUT2D eigenvalue weighted by Crippen LogP contribution is -2.19. The average Bonchev–Trinajstić information content (AvgIpc) is 2.46. The Balaban J connectivity index is 1.94. The minimum Gasteiger partial charge on any atom is -0.491 e. The summed E-state index contributed by atoms with van der Waals surface area (Å²) >= 11 is 0. The van der Waals surface area contributed by atoms with E-state index < -0.39 is 0 Å². The molecule has 0 fully saturated rings. The molecule has 2 aromatic rings. The minimum atomic E-state index is -0.384. The van der Waals surface area contributed by atoms with E-state index in [1.165, 1.54) is 6.07 Å². The fraction of sp³-hybridized carbons (Fsp3) is 0.294. The zero-order valence-corrected chi connectivity index (χ0v) is 12.3. The second-order valence-corrected chi connectivity index (χ2v) is 5.08. The topological polar surface area (TPSA) is 44.5 Å². The quantitative estimate of drug-likeness (QED) is 0.882. The van der Waals surface area contributed by atoms with E-state index in [1.807, 2.05) is 38.1 Å². The van der Waals surface area contributed by atoms with Crippen LogP contribution < -0.4 is 15.2 Å². The van der Waals surface area contributed by atoms with Crippen LogP contribution in [0.4, 0.5) is 4.39 Å². The van der Waals surface area contributed by atoms with Crippen molar-refractivity contribution in [2.24, 2.45) is 5.73 Å². The molecule has 0 spiro atoms. The van der Waals surface area contributed by atoms with Gasteiger partial charge in [-0.2, -0.15) is 0 Å². The third kappa shape index (κ3) is 4.46. The zero-order chi connectivity index (χ0) is 15.2. The molecule has 0 aliphatic rings. The fourth-order valence-corrected chi connectivity index (χ4v) is 1.90. The van der Waals surface area contributed by atoms with E-state index in [9.17, 15) is 4.39 Å². The minimum absolute atomic E-state index is 0.133. The van der Waals surface area contributed by atoms with Crippen molar-refractivity contribution in [1.29, 1.82) is 0 Å². The normalized spacial score (nSPS) is 12.2. The summed E-state index contributed by atoms with van der Waals surface area (Å²) in [7, 11) is 0. The molecule has 0 saturated carbocycles. The van der Waals surface area contributed by atoms with Crippen LogP contribution in [0.5, 0.6) is 11.5 Å². The molecule has 2 rings (SSSR count). The summed E-state index contributed by atoms with van der Waals surface area (Å²) in [5.41, 5.74) is 6.97. The number of rotatable bonds is 6. The summed E-state index contributed by atoms with van der Waals surface area (Å²) in [6.07, 6.45) is 0.133.